The van der Waals surface area contributed by atoms with Gasteiger partial charge in [-0.1, -0.05) is 23.7 Å². The standard InChI is InChI=1S/C25H20ClN5O7/c1-15-3-4-16(2)24(9-15)38-20-11-17(10-19(12-20)31(35)36)27-25(32)22-7-8-29(28-22)14-37-23-6-5-18(30(33)34)13-21(23)26/h3-13H,14H2,1-2H3,(H,27,32). The van der Waals surface area contributed by atoms with Crippen LogP contribution >= 0.6 is 11.6 Å². The van der Waals surface area contributed by atoms with Gasteiger partial charge in [0.15, 0.2) is 12.4 Å². The van der Waals surface area contributed by atoms with Crippen LogP contribution in [0.25, 0.3) is 0 Å². The van der Waals surface area contributed by atoms with Gasteiger partial charge >= 0.3 is 0 Å². The first-order valence-corrected chi connectivity index (χ1v) is 11.4. The smallest absolute Gasteiger partial charge is 0.276 e. The first kappa shape index (κ1) is 26.1. The predicted octanol–water partition coefficient (Wildman–Crippen LogP) is 6.05. The zero-order valence-corrected chi connectivity index (χ0v) is 20.8. The molecule has 0 fully saturated rings. The molecule has 4 rings (SSSR count). The second kappa shape index (κ2) is 11.0. The summed E-state index contributed by atoms with van der Waals surface area (Å²) in [4.78, 5) is 33.9. The monoisotopic (exact) mass is 537 g/mol. The van der Waals surface area contributed by atoms with Crippen molar-refractivity contribution < 1.29 is 24.1 Å². The van der Waals surface area contributed by atoms with Gasteiger partial charge in [-0.2, -0.15) is 5.10 Å². The first-order valence-electron chi connectivity index (χ1n) is 11.0. The number of carbonyl (C=O) groups excluding carboxylic acids is 1. The Morgan fingerprint density at radius 1 is 0.974 bits per heavy atom. The predicted molar refractivity (Wildman–Crippen MR) is 138 cm³/mol. The van der Waals surface area contributed by atoms with Crippen LogP contribution in [-0.2, 0) is 6.73 Å². The minimum absolute atomic E-state index is 0.0203. The number of anilines is 1. The normalized spacial score (nSPS) is 10.6. The van der Waals surface area contributed by atoms with Crippen molar-refractivity contribution >= 4 is 34.6 Å². The van der Waals surface area contributed by atoms with Gasteiger partial charge in [0.2, 0.25) is 0 Å². The summed E-state index contributed by atoms with van der Waals surface area (Å²) in [6.07, 6.45) is 1.48. The van der Waals surface area contributed by atoms with Gasteiger partial charge < -0.3 is 14.8 Å². The van der Waals surface area contributed by atoms with Crippen LogP contribution in [0.5, 0.6) is 17.2 Å². The van der Waals surface area contributed by atoms with Gasteiger partial charge in [0, 0.05) is 30.5 Å². The Balaban J connectivity index is 1.47. The molecule has 0 spiro atoms. The summed E-state index contributed by atoms with van der Waals surface area (Å²) < 4.78 is 12.7. The van der Waals surface area contributed by atoms with Gasteiger partial charge in [0.1, 0.15) is 17.2 Å². The molecular weight excluding hydrogens is 518 g/mol. The third-order valence-electron chi connectivity index (χ3n) is 5.28. The van der Waals surface area contributed by atoms with Crippen molar-refractivity contribution in [2.24, 2.45) is 0 Å². The van der Waals surface area contributed by atoms with Gasteiger partial charge in [-0.15, -0.1) is 0 Å². The highest BCUT2D eigenvalue weighted by atomic mass is 35.5. The van der Waals surface area contributed by atoms with Crippen LogP contribution < -0.4 is 14.8 Å². The molecule has 0 aliphatic heterocycles. The zero-order chi connectivity index (χ0) is 27.4. The van der Waals surface area contributed by atoms with Crippen LogP contribution in [0.4, 0.5) is 17.1 Å². The molecule has 0 saturated heterocycles. The summed E-state index contributed by atoms with van der Waals surface area (Å²) in [6.45, 7) is 3.62. The van der Waals surface area contributed by atoms with Crippen molar-refractivity contribution in [3.63, 3.8) is 0 Å². The molecule has 4 aromatic rings. The molecule has 0 bridgehead atoms. The lowest BCUT2D eigenvalue weighted by atomic mass is 10.1. The van der Waals surface area contributed by atoms with E-state index in [-0.39, 0.29) is 46.0 Å². The summed E-state index contributed by atoms with van der Waals surface area (Å²) in [5, 5.41) is 29.1. The molecule has 1 N–H and O–H groups in total. The number of aromatic nitrogens is 2. The highest BCUT2D eigenvalue weighted by Gasteiger charge is 2.17. The number of nitrogens with one attached hydrogen (secondary N) is 1. The maximum atomic E-state index is 12.8. The van der Waals surface area contributed by atoms with Crippen molar-refractivity contribution in [3.05, 3.63) is 109 Å². The SMILES string of the molecule is Cc1ccc(C)c(Oc2cc(NC(=O)c3ccn(COc4ccc([N+](=O)[O-])cc4Cl)n3)cc([N+](=O)[O-])c2)c1. The lowest BCUT2D eigenvalue weighted by Crippen LogP contribution is -2.14. The van der Waals surface area contributed by atoms with Crippen molar-refractivity contribution in [1.82, 2.24) is 9.78 Å². The van der Waals surface area contributed by atoms with E-state index in [0.717, 1.165) is 17.2 Å². The Morgan fingerprint density at radius 2 is 1.74 bits per heavy atom. The summed E-state index contributed by atoms with van der Waals surface area (Å²) in [5.41, 5.74) is 1.53. The van der Waals surface area contributed by atoms with Crippen molar-refractivity contribution in [1.29, 1.82) is 0 Å². The Kier molecular flexibility index (Phi) is 7.53. The number of benzene rings is 3. The molecule has 13 heteroatoms. The quantitative estimate of drug-likeness (QED) is 0.200. The highest BCUT2D eigenvalue weighted by molar-refractivity contribution is 6.32. The molecule has 0 radical (unpaired) electrons. The summed E-state index contributed by atoms with van der Waals surface area (Å²) in [5.74, 6) is 0.304. The minimum atomic E-state index is -0.615. The molecule has 0 aliphatic rings. The van der Waals surface area contributed by atoms with E-state index in [1.165, 1.54) is 47.3 Å². The number of nitro groups is 2. The second-order valence-corrected chi connectivity index (χ2v) is 8.59. The maximum absolute atomic E-state index is 12.8. The molecule has 38 heavy (non-hydrogen) atoms. The number of hydrogen-bond donors (Lipinski definition) is 1. The third-order valence-corrected chi connectivity index (χ3v) is 5.58. The maximum Gasteiger partial charge on any atom is 0.276 e. The number of aryl methyl sites for hydroxylation is 2. The average Bonchev–Trinajstić information content (AvgIpc) is 3.34. The van der Waals surface area contributed by atoms with E-state index in [1.807, 2.05) is 32.0 Å². The van der Waals surface area contributed by atoms with Gasteiger partial charge in [-0.05, 0) is 43.2 Å². The van der Waals surface area contributed by atoms with Crippen LogP contribution in [0.3, 0.4) is 0 Å². The lowest BCUT2D eigenvalue weighted by molar-refractivity contribution is -0.385. The fourth-order valence-corrected chi connectivity index (χ4v) is 3.60. The van der Waals surface area contributed by atoms with E-state index in [9.17, 15) is 25.0 Å². The first-order chi connectivity index (χ1) is 18.1. The van der Waals surface area contributed by atoms with Crippen LogP contribution in [0, 0.1) is 34.1 Å². The fourth-order valence-electron chi connectivity index (χ4n) is 3.37. The molecular formula is C25H20ClN5O7. The van der Waals surface area contributed by atoms with Crippen LogP contribution in [0.15, 0.2) is 66.9 Å². The van der Waals surface area contributed by atoms with Crippen LogP contribution in [0.1, 0.15) is 21.6 Å². The number of amides is 1. The molecule has 0 unspecified atom stereocenters. The van der Waals surface area contributed by atoms with Gasteiger partial charge in [0.25, 0.3) is 17.3 Å². The number of nitro benzene ring substituents is 2. The van der Waals surface area contributed by atoms with Gasteiger partial charge in [-0.25, -0.2) is 4.68 Å². The zero-order valence-electron chi connectivity index (χ0n) is 20.1. The largest absolute Gasteiger partial charge is 0.470 e. The lowest BCUT2D eigenvalue weighted by Gasteiger charge is -2.11. The Labute approximate surface area is 220 Å². The summed E-state index contributed by atoms with van der Waals surface area (Å²) >= 11 is 6.02. The van der Waals surface area contributed by atoms with E-state index in [2.05, 4.69) is 10.4 Å². The van der Waals surface area contributed by atoms with Crippen molar-refractivity contribution in [2.75, 3.05) is 5.32 Å². The van der Waals surface area contributed by atoms with Gasteiger partial charge in [-0.3, -0.25) is 25.0 Å². The van der Waals surface area contributed by atoms with E-state index in [0.29, 0.717) is 5.75 Å². The molecule has 194 valence electrons. The van der Waals surface area contributed by atoms with Gasteiger partial charge in [0.05, 0.1) is 26.6 Å². The number of rotatable bonds is 9. The summed E-state index contributed by atoms with van der Waals surface area (Å²) in [7, 11) is 0. The number of hydrogen-bond acceptors (Lipinski definition) is 8. The van der Waals surface area contributed by atoms with E-state index in [4.69, 9.17) is 21.1 Å². The molecule has 1 heterocycles. The number of carbonyl (C=O) groups is 1. The Bertz CT molecular complexity index is 1550. The highest BCUT2D eigenvalue weighted by Crippen LogP contribution is 2.32. The van der Waals surface area contributed by atoms with Crippen molar-refractivity contribution in [2.45, 2.75) is 20.6 Å². The van der Waals surface area contributed by atoms with E-state index >= 15 is 0 Å². The number of ether oxygens (including phenoxy) is 2. The van der Waals surface area contributed by atoms with Crippen LogP contribution in [0.2, 0.25) is 5.02 Å². The third kappa shape index (κ3) is 6.23. The molecule has 0 aliphatic carbocycles. The average molecular weight is 538 g/mol. The molecule has 0 saturated carbocycles. The topological polar surface area (TPSA) is 152 Å². The summed E-state index contributed by atoms with van der Waals surface area (Å²) in [6, 6.07) is 14.8. The van der Waals surface area contributed by atoms with Crippen LogP contribution in [-0.4, -0.2) is 25.5 Å². The Morgan fingerprint density at radius 3 is 2.45 bits per heavy atom. The molecule has 12 nitrogen and oxygen atoms in total. The molecule has 1 aromatic heterocycles. The minimum Gasteiger partial charge on any atom is -0.470 e. The number of nitrogens with zero attached hydrogens (tertiary/aromatic N) is 4. The number of halogens is 1. The van der Waals surface area contributed by atoms with E-state index < -0.39 is 15.8 Å². The molecule has 1 amide bonds. The fraction of sp³-hybridized carbons (Fsp3) is 0.120. The van der Waals surface area contributed by atoms with E-state index in [1.54, 1.807) is 0 Å². The van der Waals surface area contributed by atoms with Crippen molar-refractivity contribution in [3.8, 4) is 17.2 Å². The second-order valence-electron chi connectivity index (χ2n) is 8.18. The number of non-ortho nitro benzene ring substituents is 2. The molecule has 3 aromatic carbocycles. The molecule has 0 atom stereocenters. The Hall–Kier alpha value is -4.97.